The number of aryl methyl sites for hydroxylation is 1. The molecule has 0 saturated heterocycles. The number of fused-ring (bicyclic) bond motifs is 1. The summed E-state index contributed by atoms with van der Waals surface area (Å²) < 4.78 is 2.01. The number of anilines is 3. The van der Waals surface area contributed by atoms with Crippen molar-refractivity contribution in [3.05, 3.63) is 30.2 Å². The van der Waals surface area contributed by atoms with Gasteiger partial charge < -0.3 is 10.6 Å². The number of hydrogen-bond donors (Lipinski definition) is 3. The highest BCUT2D eigenvalue weighted by atomic mass is 15.3. The van der Waals surface area contributed by atoms with Gasteiger partial charge in [0.2, 0.25) is 5.95 Å². The Bertz CT molecular complexity index is 851. The molecule has 27 heavy (non-hydrogen) atoms. The van der Waals surface area contributed by atoms with E-state index >= 15 is 0 Å². The smallest absolute Gasteiger partial charge is 0.211 e. The van der Waals surface area contributed by atoms with Crippen molar-refractivity contribution < 1.29 is 0 Å². The van der Waals surface area contributed by atoms with Crippen LogP contribution in [0.5, 0.6) is 0 Å². The van der Waals surface area contributed by atoms with Crippen molar-refractivity contribution in [2.24, 2.45) is 5.92 Å². The van der Waals surface area contributed by atoms with Crippen molar-refractivity contribution in [2.45, 2.75) is 65.8 Å². The van der Waals surface area contributed by atoms with Crippen molar-refractivity contribution in [3.8, 4) is 0 Å². The maximum absolute atomic E-state index is 4.79. The molecule has 3 N–H and O–H groups in total. The Morgan fingerprint density at radius 2 is 2.04 bits per heavy atom. The summed E-state index contributed by atoms with van der Waals surface area (Å²) in [7, 11) is 0. The van der Waals surface area contributed by atoms with Gasteiger partial charge in [-0.2, -0.15) is 10.1 Å². The summed E-state index contributed by atoms with van der Waals surface area (Å²) >= 11 is 0. The van der Waals surface area contributed by atoms with E-state index in [0.717, 1.165) is 42.4 Å². The van der Waals surface area contributed by atoms with Gasteiger partial charge in [0.25, 0.3) is 0 Å². The Labute approximate surface area is 161 Å². The van der Waals surface area contributed by atoms with Gasteiger partial charge in [-0.25, -0.2) is 4.98 Å². The van der Waals surface area contributed by atoms with Gasteiger partial charge in [0, 0.05) is 30.2 Å². The molecule has 0 radical (unpaired) electrons. The molecule has 0 amide bonds. The fourth-order valence-electron chi connectivity index (χ4n) is 3.59. The molecule has 0 aliphatic rings. The average molecular weight is 370 g/mol. The van der Waals surface area contributed by atoms with Gasteiger partial charge in [-0.05, 0) is 31.7 Å². The minimum Gasteiger partial charge on any atom is -0.353 e. The Hall–Kier alpha value is -2.57. The quantitative estimate of drug-likeness (QED) is 0.473. The van der Waals surface area contributed by atoms with Crippen molar-refractivity contribution >= 4 is 23.2 Å². The highest BCUT2D eigenvalue weighted by molar-refractivity contribution is 5.72. The second-order valence-corrected chi connectivity index (χ2v) is 7.42. The first-order chi connectivity index (χ1) is 13.1. The molecule has 7 heteroatoms. The van der Waals surface area contributed by atoms with E-state index in [4.69, 9.17) is 4.98 Å². The lowest BCUT2D eigenvalue weighted by molar-refractivity contribution is 0.431. The molecule has 7 nitrogen and oxygen atoms in total. The van der Waals surface area contributed by atoms with Gasteiger partial charge >= 0.3 is 0 Å². The van der Waals surface area contributed by atoms with Crippen LogP contribution < -0.4 is 10.6 Å². The van der Waals surface area contributed by atoms with Crippen LogP contribution in [0.25, 0.3) is 5.65 Å². The van der Waals surface area contributed by atoms with E-state index in [1.54, 1.807) is 6.20 Å². The monoisotopic (exact) mass is 369 g/mol. The topological polar surface area (TPSA) is 82.9 Å². The molecule has 0 aliphatic carbocycles. The first kappa shape index (κ1) is 19.2. The second-order valence-electron chi connectivity index (χ2n) is 7.42. The molecule has 3 rings (SSSR count). The predicted octanol–water partition coefficient (Wildman–Crippen LogP) is 4.91. The van der Waals surface area contributed by atoms with E-state index in [-0.39, 0.29) is 0 Å². The lowest BCUT2D eigenvalue weighted by atomic mass is 9.95. The SMILES string of the molecule is CCCC(C)CC(CCC)Nc1nc(Nc2cc(C)[nH]n2)c2ncccn12. The van der Waals surface area contributed by atoms with E-state index < -0.39 is 0 Å². The highest BCUT2D eigenvalue weighted by Crippen LogP contribution is 2.25. The molecule has 0 aromatic carbocycles. The van der Waals surface area contributed by atoms with Crippen molar-refractivity contribution in [1.29, 1.82) is 0 Å². The zero-order valence-electron chi connectivity index (χ0n) is 16.8. The third-order valence-electron chi connectivity index (χ3n) is 4.80. The first-order valence-electron chi connectivity index (χ1n) is 9.99. The molecule has 3 heterocycles. The number of nitrogens with one attached hydrogen (secondary N) is 3. The molecular weight excluding hydrogens is 338 g/mol. The van der Waals surface area contributed by atoms with E-state index in [1.165, 1.54) is 12.8 Å². The maximum Gasteiger partial charge on any atom is 0.211 e. The molecule has 2 atom stereocenters. The summed E-state index contributed by atoms with van der Waals surface area (Å²) in [6.45, 7) is 8.80. The van der Waals surface area contributed by atoms with Crippen molar-refractivity contribution in [2.75, 3.05) is 10.6 Å². The third kappa shape index (κ3) is 4.78. The summed E-state index contributed by atoms with van der Waals surface area (Å²) in [5.74, 6) is 2.98. The van der Waals surface area contributed by atoms with Crippen LogP contribution in [0.4, 0.5) is 17.6 Å². The number of aromatic nitrogens is 5. The van der Waals surface area contributed by atoms with Gasteiger partial charge in [-0.1, -0.05) is 40.0 Å². The number of rotatable bonds is 10. The van der Waals surface area contributed by atoms with Crippen LogP contribution in [0.1, 0.15) is 58.6 Å². The Kier molecular flexibility index (Phi) is 6.32. The van der Waals surface area contributed by atoms with Crippen LogP contribution in [-0.4, -0.2) is 30.6 Å². The maximum atomic E-state index is 4.79. The molecular formula is C20H31N7. The molecule has 0 bridgehead atoms. The Morgan fingerprint density at radius 1 is 1.22 bits per heavy atom. The second kappa shape index (κ2) is 8.88. The third-order valence-corrected chi connectivity index (χ3v) is 4.80. The molecule has 3 aromatic heterocycles. The van der Waals surface area contributed by atoms with Crippen molar-refractivity contribution in [1.82, 2.24) is 24.6 Å². The lowest BCUT2D eigenvalue weighted by Gasteiger charge is -2.21. The van der Waals surface area contributed by atoms with Crippen LogP contribution in [0, 0.1) is 12.8 Å². The highest BCUT2D eigenvalue weighted by Gasteiger charge is 2.18. The van der Waals surface area contributed by atoms with Gasteiger partial charge in [0.05, 0.1) is 0 Å². The largest absolute Gasteiger partial charge is 0.353 e. The first-order valence-corrected chi connectivity index (χ1v) is 9.99. The van der Waals surface area contributed by atoms with Gasteiger partial charge in [-0.15, -0.1) is 0 Å². The Morgan fingerprint density at radius 3 is 2.74 bits per heavy atom. The van der Waals surface area contributed by atoms with Gasteiger partial charge in [-0.3, -0.25) is 9.50 Å². The lowest BCUT2D eigenvalue weighted by Crippen LogP contribution is -2.23. The average Bonchev–Trinajstić information content (AvgIpc) is 3.20. The standard InChI is InChI=1S/C20H31N7/c1-5-8-14(3)12-16(9-6-2)22-20-24-18(19-21-10-7-11-27(19)20)23-17-13-15(4)25-26-17/h7,10-11,13-14,16H,5-6,8-9,12H2,1-4H3,(H,22,24)(H2,23,25,26). The van der Waals surface area contributed by atoms with Crippen LogP contribution in [0.3, 0.4) is 0 Å². The van der Waals surface area contributed by atoms with Gasteiger partial charge in [0.15, 0.2) is 17.3 Å². The molecule has 0 fully saturated rings. The van der Waals surface area contributed by atoms with Crippen LogP contribution >= 0.6 is 0 Å². The van der Waals surface area contributed by atoms with Crippen molar-refractivity contribution in [3.63, 3.8) is 0 Å². The normalized spacial score (nSPS) is 13.6. The number of imidazole rings is 1. The predicted molar refractivity (Wildman–Crippen MR) is 111 cm³/mol. The summed E-state index contributed by atoms with van der Waals surface area (Å²) in [5.41, 5.74) is 1.79. The zero-order valence-corrected chi connectivity index (χ0v) is 16.8. The molecule has 0 aliphatic heterocycles. The zero-order chi connectivity index (χ0) is 19.2. The van der Waals surface area contributed by atoms with E-state index in [1.807, 2.05) is 29.7 Å². The number of H-pyrrole nitrogens is 1. The molecule has 146 valence electrons. The number of aromatic amines is 1. The molecule has 0 saturated carbocycles. The minimum atomic E-state index is 0.405. The van der Waals surface area contributed by atoms with E-state index in [2.05, 4.69) is 46.6 Å². The van der Waals surface area contributed by atoms with E-state index in [9.17, 15) is 0 Å². The molecule has 0 spiro atoms. The van der Waals surface area contributed by atoms with Crippen LogP contribution in [0.15, 0.2) is 24.5 Å². The summed E-state index contributed by atoms with van der Waals surface area (Å²) in [6.07, 6.45) is 9.70. The van der Waals surface area contributed by atoms with Crippen LogP contribution in [0.2, 0.25) is 0 Å². The number of nitrogens with zero attached hydrogens (tertiary/aromatic N) is 4. The van der Waals surface area contributed by atoms with E-state index in [0.29, 0.717) is 17.8 Å². The summed E-state index contributed by atoms with van der Waals surface area (Å²) in [6, 6.07) is 4.28. The fourth-order valence-corrected chi connectivity index (χ4v) is 3.59. The van der Waals surface area contributed by atoms with Gasteiger partial charge in [0.1, 0.15) is 0 Å². The number of hydrogen-bond acceptors (Lipinski definition) is 5. The summed E-state index contributed by atoms with van der Waals surface area (Å²) in [5, 5.41) is 14.1. The fraction of sp³-hybridized carbons (Fsp3) is 0.550. The molecule has 2 unspecified atom stereocenters. The Balaban J connectivity index is 1.84. The van der Waals surface area contributed by atoms with Crippen LogP contribution in [-0.2, 0) is 0 Å². The summed E-state index contributed by atoms with van der Waals surface area (Å²) in [4.78, 5) is 9.30. The minimum absolute atomic E-state index is 0.405. The molecule has 3 aromatic rings.